The fourth-order valence-electron chi connectivity index (χ4n) is 2.87. The van der Waals surface area contributed by atoms with Crippen molar-refractivity contribution < 1.29 is 17.0 Å². The molecule has 3 heterocycles. The van der Waals surface area contributed by atoms with Gasteiger partial charge in [-0.25, -0.2) is 14.3 Å². The number of aromatic nitrogens is 3. The van der Waals surface area contributed by atoms with Crippen LogP contribution in [0.4, 0.5) is 0 Å². The first-order valence-corrected chi connectivity index (χ1v) is 10.1. The molecule has 0 spiro atoms. The quantitative estimate of drug-likeness (QED) is 0.325. The van der Waals surface area contributed by atoms with Gasteiger partial charge in [0.15, 0.2) is 4.47 Å². The van der Waals surface area contributed by atoms with Gasteiger partial charge in [0.25, 0.3) is 5.65 Å². The minimum atomic E-state index is -0.257. The molecule has 0 aliphatic carbocycles. The maximum Gasteiger partial charge on any atom is 0.351 e. The lowest BCUT2D eigenvalue weighted by Crippen LogP contribution is -3.00. The van der Waals surface area contributed by atoms with Crippen molar-refractivity contribution in [1.29, 1.82) is 0 Å². The van der Waals surface area contributed by atoms with Crippen LogP contribution in [0.2, 0.25) is 19.7 Å². The number of benzene rings is 1. The van der Waals surface area contributed by atoms with E-state index in [2.05, 4.69) is 4.98 Å². The summed E-state index contributed by atoms with van der Waals surface area (Å²) >= 11 is 26.3. The highest BCUT2D eigenvalue weighted by Gasteiger charge is 2.25. The van der Waals surface area contributed by atoms with Crippen molar-refractivity contribution in [2.45, 2.75) is 6.54 Å². The highest BCUT2D eigenvalue weighted by molar-refractivity contribution is 7.15. The van der Waals surface area contributed by atoms with Crippen LogP contribution in [-0.4, -0.2) is 9.38 Å². The summed E-state index contributed by atoms with van der Waals surface area (Å²) in [5.41, 5.74) is 1.26. The van der Waals surface area contributed by atoms with Crippen LogP contribution in [0.3, 0.4) is 0 Å². The molecule has 4 aromatic rings. The first kappa shape index (κ1) is 21.4. The van der Waals surface area contributed by atoms with E-state index in [4.69, 9.17) is 46.4 Å². The summed E-state index contributed by atoms with van der Waals surface area (Å²) in [6.45, 7) is 0.415. The Morgan fingerprint density at radius 3 is 2.43 bits per heavy atom. The summed E-state index contributed by atoms with van der Waals surface area (Å²) in [5.74, 6) is 0. The summed E-state index contributed by atoms with van der Waals surface area (Å²) in [6, 6.07) is 10.4. The zero-order chi connectivity index (χ0) is 19.1. The lowest BCUT2D eigenvalue weighted by atomic mass is 10.1. The minimum Gasteiger partial charge on any atom is -1.00 e. The van der Waals surface area contributed by atoms with E-state index in [0.717, 1.165) is 4.88 Å². The first-order chi connectivity index (χ1) is 12.9. The second-order valence-corrected chi connectivity index (χ2v) is 8.65. The molecule has 144 valence electrons. The van der Waals surface area contributed by atoms with Crippen molar-refractivity contribution in [3.05, 3.63) is 83.7 Å². The number of fused-ring (bicyclic) bond motifs is 1. The zero-order valence-corrected chi connectivity index (χ0v) is 18.5. The molecule has 4 nitrogen and oxygen atoms in total. The van der Waals surface area contributed by atoms with Gasteiger partial charge in [-0.1, -0.05) is 40.9 Å². The van der Waals surface area contributed by atoms with E-state index in [0.29, 0.717) is 37.8 Å². The summed E-state index contributed by atoms with van der Waals surface area (Å²) in [5, 5.41) is 1.13. The van der Waals surface area contributed by atoms with Crippen LogP contribution in [0.25, 0.3) is 16.8 Å². The van der Waals surface area contributed by atoms with Crippen LogP contribution in [0.5, 0.6) is 0 Å². The summed E-state index contributed by atoms with van der Waals surface area (Å²) in [6.07, 6.45) is 3.39. The molecule has 0 bridgehead atoms. The van der Waals surface area contributed by atoms with Gasteiger partial charge in [-0.2, -0.15) is 4.40 Å². The van der Waals surface area contributed by atoms with E-state index >= 15 is 0 Å². The van der Waals surface area contributed by atoms with Gasteiger partial charge in [0.2, 0.25) is 5.15 Å². The molecule has 0 amide bonds. The van der Waals surface area contributed by atoms with Crippen molar-refractivity contribution in [1.82, 2.24) is 9.38 Å². The Hall–Kier alpha value is -1.34. The smallest absolute Gasteiger partial charge is 0.351 e. The maximum atomic E-state index is 13.1. The number of hydrogen-bond acceptors (Lipinski definition) is 3. The highest BCUT2D eigenvalue weighted by Crippen LogP contribution is 2.29. The molecule has 0 saturated carbocycles. The van der Waals surface area contributed by atoms with Crippen LogP contribution in [-0.2, 0) is 6.54 Å². The third-order valence-electron chi connectivity index (χ3n) is 3.98. The van der Waals surface area contributed by atoms with Gasteiger partial charge < -0.3 is 12.4 Å². The van der Waals surface area contributed by atoms with E-state index in [1.165, 1.54) is 11.3 Å². The number of pyridine rings is 1. The van der Waals surface area contributed by atoms with Crippen LogP contribution >= 0.6 is 57.7 Å². The molecule has 0 radical (unpaired) electrons. The lowest BCUT2D eigenvalue weighted by molar-refractivity contribution is -0.662. The molecule has 0 fully saturated rings. The first-order valence-electron chi connectivity index (χ1n) is 7.73. The highest BCUT2D eigenvalue weighted by atomic mass is 35.5. The largest absolute Gasteiger partial charge is 1.00 e. The molecule has 0 unspecified atom stereocenters. The topological polar surface area (TPSA) is 38.2 Å². The molecule has 10 heteroatoms. The van der Waals surface area contributed by atoms with Crippen molar-refractivity contribution in [2.24, 2.45) is 0 Å². The van der Waals surface area contributed by atoms with Crippen molar-refractivity contribution in [2.75, 3.05) is 0 Å². The monoisotopic (exact) mass is 491 g/mol. The summed E-state index contributed by atoms with van der Waals surface area (Å²) in [4.78, 5) is 18.1. The third kappa shape index (κ3) is 4.01. The normalized spacial score (nSPS) is 10.9. The lowest BCUT2D eigenvalue weighted by Gasteiger charge is -2.10. The molecule has 0 aliphatic heterocycles. The SMILES string of the molecule is O=c1c(-c2cc(Cl)cc(Cl)c2)c(Cl)[n+](Cc2cnc(Cl)s2)c2ccccn12.[Cl-]. The molecule has 0 atom stereocenters. The van der Waals surface area contributed by atoms with Crippen molar-refractivity contribution >= 4 is 63.4 Å². The number of rotatable bonds is 3. The average Bonchev–Trinajstić information content (AvgIpc) is 3.03. The molecule has 0 saturated heterocycles. The molecule has 0 N–H and O–H groups in total. The zero-order valence-electron chi connectivity index (χ0n) is 13.9. The van der Waals surface area contributed by atoms with Crippen LogP contribution in [0.1, 0.15) is 4.88 Å². The molecular formula is C18H10Cl5N3OS. The van der Waals surface area contributed by atoms with Gasteiger partial charge >= 0.3 is 5.56 Å². The molecule has 0 aliphatic rings. The second-order valence-electron chi connectivity index (χ2n) is 5.72. The Kier molecular flexibility index (Phi) is 6.54. The van der Waals surface area contributed by atoms with Crippen LogP contribution in [0.15, 0.2) is 53.6 Å². The van der Waals surface area contributed by atoms with Gasteiger partial charge in [-0.05, 0) is 41.4 Å². The van der Waals surface area contributed by atoms with E-state index in [9.17, 15) is 4.79 Å². The molecule has 28 heavy (non-hydrogen) atoms. The summed E-state index contributed by atoms with van der Waals surface area (Å²) in [7, 11) is 0. The molecular weight excluding hydrogens is 484 g/mol. The summed E-state index contributed by atoms with van der Waals surface area (Å²) < 4.78 is 3.82. The predicted octanol–water partition coefficient (Wildman–Crippen LogP) is 2.38. The van der Waals surface area contributed by atoms with Gasteiger partial charge in [0.1, 0.15) is 12.1 Å². The average molecular weight is 494 g/mol. The van der Waals surface area contributed by atoms with E-state index in [1.54, 1.807) is 41.1 Å². The van der Waals surface area contributed by atoms with Crippen LogP contribution in [0, 0.1) is 0 Å². The maximum absolute atomic E-state index is 13.1. The molecule has 4 rings (SSSR count). The second kappa shape index (κ2) is 8.57. The van der Waals surface area contributed by atoms with E-state index < -0.39 is 0 Å². The number of nitrogens with zero attached hydrogens (tertiary/aromatic N) is 3. The Labute approximate surface area is 190 Å². The Balaban J connectivity index is 0.00000225. The molecule has 3 aromatic heterocycles. The number of halogens is 5. The fraction of sp³-hybridized carbons (Fsp3) is 0.0556. The van der Waals surface area contributed by atoms with E-state index in [-0.39, 0.29) is 23.1 Å². The third-order valence-corrected chi connectivity index (χ3v) is 5.91. The van der Waals surface area contributed by atoms with Gasteiger partial charge in [0, 0.05) is 22.3 Å². The standard InChI is InChI=1S/C18H10Cl4N3OS.ClH/c19-11-5-10(6-12(20)7-11)15-16(21)25(9-13-8-23-18(22)27-13)14-3-1-2-4-24(14)17(15)26;/h1-8H,9H2;1H/q+1;/p-1. The van der Waals surface area contributed by atoms with Gasteiger partial charge in [0.05, 0.1) is 11.1 Å². The molecule has 1 aromatic carbocycles. The fourth-order valence-corrected chi connectivity index (χ4v) is 4.70. The van der Waals surface area contributed by atoms with Gasteiger partial charge in [-0.15, -0.1) is 11.3 Å². The number of thiazole rings is 1. The predicted molar refractivity (Wildman–Crippen MR) is 111 cm³/mol. The minimum absolute atomic E-state index is 0. The Morgan fingerprint density at radius 2 is 1.79 bits per heavy atom. The van der Waals surface area contributed by atoms with Crippen molar-refractivity contribution in [3.8, 4) is 11.1 Å². The Morgan fingerprint density at radius 1 is 1.07 bits per heavy atom. The van der Waals surface area contributed by atoms with Crippen LogP contribution < -0.4 is 22.5 Å². The van der Waals surface area contributed by atoms with E-state index in [1.807, 2.05) is 16.7 Å². The Bertz CT molecular complexity index is 1220. The number of hydrogen-bond donors (Lipinski definition) is 0. The van der Waals surface area contributed by atoms with Gasteiger partial charge in [-0.3, -0.25) is 0 Å². The van der Waals surface area contributed by atoms with Crippen molar-refractivity contribution in [3.63, 3.8) is 0 Å².